The number of H-pyrrole nitrogens is 1. The van der Waals surface area contributed by atoms with Crippen LogP contribution in [0.4, 0.5) is 11.4 Å². The van der Waals surface area contributed by atoms with Crippen molar-refractivity contribution in [1.29, 1.82) is 0 Å². The van der Waals surface area contributed by atoms with Gasteiger partial charge in [-0.05, 0) is 73.6 Å². The van der Waals surface area contributed by atoms with Gasteiger partial charge in [-0.3, -0.25) is 9.59 Å². The number of anilines is 2. The fourth-order valence-electron chi connectivity index (χ4n) is 4.94. The minimum absolute atomic E-state index is 0.0958. The van der Waals surface area contributed by atoms with Crippen LogP contribution in [-0.2, 0) is 9.59 Å². The number of aromatic nitrogens is 2. The lowest BCUT2D eigenvalue weighted by atomic mass is 9.88. The molecule has 2 aliphatic rings. The number of carbonyl (C=O) groups is 2. The molecule has 2 bridgehead atoms. The summed E-state index contributed by atoms with van der Waals surface area (Å²) in [7, 11) is 0. The molecule has 3 unspecified atom stereocenters. The topological polar surface area (TPSA) is 86.9 Å². The predicted octanol–water partition coefficient (Wildman–Crippen LogP) is 4.56. The lowest BCUT2D eigenvalue weighted by molar-refractivity contribution is -0.121. The summed E-state index contributed by atoms with van der Waals surface area (Å²) in [6.45, 7) is 1.49. The Kier molecular flexibility index (Phi) is 4.34. The van der Waals surface area contributed by atoms with Crippen molar-refractivity contribution in [2.45, 2.75) is 32.6 Å². The Morgan fingerprint density at radius 1 is 1.00 bits per heavy atom. The Labute approximate surface area is 169 Å². The molecule has 0 saturated heterocycles. The Hall–Kier alpha value is -3.15. The first-order chi connectivity index (χ1) is 14.0. The molecular formula is C23H24N4O2. The fourth-order valence-corrected chi connectivity index (χ4v) is 4.94. The zero-order chi connectivity index (χ0) is 20.0. The monoisotopic (exact) mass is 388 g/mol. The van der Waals surface area contributed by atoms with Crippen LogP contribution in [0.3, 0.4) is 0 Å². The number of rotatable bonds is 4. The van der Waals surface area contributed by atoms with E-state index in [0.29, 0.717) is 5.92 Å². The Morgan fingerprint density at radius 2 is 1.79 bits per heavy atom. The largest absolute Gasteiger partial charge is 0.338 e. The van der Waals surface area contributed by atoms with Gasteiger partial charge in [0.25, 0.3) is 0 Å². The zero-order valence-corrected chi connectivity index (χ0v) is 16.4. The maximum Gasteiger partial charge on any atom is 0.227 e. The summed E-state index contributed by atoms with van der Waals surface area (Å²) >= 11 is 0. The molecule has 0 radical (unpaired) electrons. The summed E-state index contributed by atoms with van der Waals surface area (Å²) in [5.74, 6) is 2.31. The van der Waals surface area contributed by atoms with Crippen LogP contribution in [0.15, 0.2) is 42.5 Å². The number of fused-ring (bicyclic) bond motifs is 3. The molecular weight excluding hydrogens is 364 g/mol. The number of carbonyl (C=O) groups excluding carboxylic acids is 2. The number of amides is 2. The molecule has 6 heteroatoms. The van der Waals surface area contributed by atoms with Crippen LogP contribution in [0.1, 0.15) is 32.6 Å². The number of nitrogens with one attached hydrogen (secondary N) is 3. The van der Waals surface area contributed by atoms with E-state index in [0.717, 1.165) is 46.1 Å². The van der Waals surface area contributed by atoms with Crippen LogP contribution < -0.4 is 10.6 Å². The van der Waals surface area contributed by atoms with Crippen LogP contribution in [0.2, 0.25) is 0 Å². The second kappa shape index (κ2) is 7.03. The van der Waals surface area contributed by atoms with Crippen LogP contribution in [0.25, 0.3) is 22.4 Å². The fraction of sp³-hybridized carbons (Fsp3) is 0.348. The van der Waals surface area contributed by atoms with Gasteiger partial charge in [-0.15, -0.1) is 0 Å². The third-order valence-electron chi connectivity index (χ3n) is 6.30. The van der Waals surface area contributed by atoms with Crippen molar-refractivity contribution in [3.63, 3.8) is 0 Å². The van der Waals surface area contributed by atoms with Gasteiger partial charge >= 0.3 is 0 Å². The van der Waals surface area contributed by atoms with E-state index in [1.165, 1.54) is 26.2 Å². The summed E-state index contributed by atoms with van der Waals surface area (Å²) in [4.78, 5) is 31.8. The average molecular weight is 388 g/mol. The molecule has 1 aromatic heterocycles. The molecule has 1 heterocycles. The molecule has 2 aliphatic carbocycles. The molecule has 2 amide bonds. The second-order valence-electron chi connectivity index (χ2n) is 8.35. The average Bonchev–Trinajstić information content (AvgIpc) is 3.43. The maximum absolute atomic E-state index is 12.7. The third-order valence-corrected chi connectivity index (χ3v) is 6.30. The molecule has 29 heavy (non-hydrogen) atoms. The van der Waals surface area contributed by atoms with Crippen molar-refractivity contribution in [2.24, 2.45) is 17.8 Å². The Bertz CT molecular complexity index is 1090. The van der Waals surface area contributed by atoms with Crippen molar-refractivity contribution in [3.8, 4) is 11.4 Å². The highest BCUT2D eigenvalue weighted by Gasteiger charge is 2.43. The van der Waals surface area contributed by atoms with Crippen LogP contribution in [0, 0.1) is 17.8 Å². The molecule has 3 aromatic rings. The van der Waals surface area contributed by atoms with Crippen LogP contribution in [-0.4, -0.2) is 21.8 Å². The number of benzene rings is 2. The summed E-state index contributed by atoms with van der Waals surface area (Å²) in [5, 5.41) is 5.87. The lowest BCUT2D eigenvalue weighted by Crippen LogP contribution is -2.27. The molecule has 5 rings (SSSR count). The maximum atomic E-state index is 12.7. The van der Waals surface area contributed by atoms with Gasteiger partial charge in [0.15, 0.2) is 0 Å². The number of nitrogens with zero attached hydrogens (tertiary/aromatic N) is 1. The number of hydrogen-bond donors (Lipinski definition) is 3. The van der Waals surface area contributed by atoms with E-state index in [-0.39, 0.29) is 17.7 Å². The van der Waals surface area contributed by atoms with E-state index in [1.807, 2.05) is 42.5 Å². The summed E-state index contributed by atoms with van der Waals surface area (Å²) in [5.41, 5.74) is 4.23. The third kappa shape index (κ3) is 3.50. The Balaban J connectivity index is 1.33. The van der Waals surface area contributed by atoms with Gasteiger partial charge in [0.2, 0.25) is 11.8 Å². The number of hydrogen-bond acceptors (Lipinski definition) is 3. The highest BCUT2D eigenvalue weighted by atomic mass is 16.2. The van der Waals surface area contributed by atoms with Gasteiger partial charge in [0.05, 0.1) is 11.0 Å². The van der Waals surface area contributed by atoms with E-state index in [9.17, 15) is 9.59 Å². The molecule has 2 aromatic carbocycles. The first-order valence-electron chi connectivity index (χ1n) is 10.2. The molecule has 0 spiro atoms. The molecule has 148 valence electrons. The molecule has 2 fully saturated rings. The molecule has 0 aliphatic heterocycles. The van der Waals surface area contributed by atoms with Crippen molar-refractivity contribution in [1.82, 2.24) is 9.97 Å². The summed E-state index contributed by atoms with van der Waals surface area (Å²) < 4.78 is 0. The standard InChI is InChI=1S/C23H24N4O2/c1-13(28)24-17-6-4-15(5-7-17)22-26-20-9-8-18(12-21(20)27-22)25-23(29)19-11-14-2-3-16(19)10-14/h4-9,12,14,16,19H,2-3,10-11H2,1H3,(H,24,28)(H,25,29)(H,26,27). The molecule has 3 N–H and O–H groups in total. The van der Waals surface area contributed by atoms with Crippen molar-refractivity contribution >= 4 is 34.2 Å². The highest BCUT2D eigenvalue weighted by Crippen LogP contribution is 2.48. The Morgan fingerprint density at radius 3 is 2.48 bits per heavy atom. The summed E-state index contributed by atoms with van der Waals surface area (Å²) in [6, 6.07) is 13.3. The number of imidazole rings is 1. The van der Waals surface area contributed by atoms with E-state index in [4.69, 9.17) is 0 Å². The van der Waals surface area contributed by atoms with Crippen LogP contribution >= 0.6 is 0 Å². The number of aromatic amines is 1. The van der Waals surface area contributed by atoms with E-state index < -0.39 is 0 Å². The van der Waals surface area contributed by atoms with Gasteiger partial charge in [-0.1, -0.05) is 6.42 Å². The van der Waals surface area contributed by atoms with Gasteiger partial charge in [0, 0.05) is 29.8 Å². The van der Waals surface area contributed by atoms with E-state index >= 15 is 0 Å². The quantitative estimate of drug-likeness (QED) is 0.612. The first kappa shape index (κ1) is 17.9. The SMILES string of the molecule is CC(=O)Nc1ccc(-c2nc3ccc(NC(=O)C4CC5CCC4C5)cc3[nH]2)cc1. The second-order valence-corrected chi connectivity index (χ2v) is 8.35. The normalized spacial score (nSPS) is 22.7. The van der Waals surface area contributed by atoms with Crippen molar-refractivity contribution < 1.29 is 9.59 Å². The smallest absolute Gasteiger partial charge is 0.227 e. The van der Waals surface area contributed by atoms with E-state index in [2.05, 4.69) is 20.6 Å². The molecule has 3 atom stereocenters. The van der Waals surface area contributed by atoms with Crippen molar-refractivity contribution in [3.05, 3.63) is 42.5 Å². The minimum Gasteiger partial charge on any atom is -0.338 e. The molecule has 6 nitrogen and oxygen atoms in total. The van der Waals surface area contributed by atoms with Crippen LogP contribution in [0.5, 0.6) is 0 Å². The lowest BCUT2D eigenvalue weighted by Gasteiger charge is -2.20. The highest BCUT2D eigenvalue weighted by molar-refractivity contribution is 5.95. The minimum atomic E-state index is -0.0958. The summed E-state index contributed by atoms with van der Waals surface area (Å²) in [6.07, 6.45) is 4.76. The first-order valence-corrected chi connectivity index (χ1v) is 10.2. The zero-order valence-electron chi connectivity index (χ0n) is 16.4. The van der Waals surface area contributed by atoms with Gasteiger partial charge in [-0.25, -0.2) is 4.98 Å². The van der Waals surface area contributed by atoms with Crippen molar-refractivity contribution in [2.75, 3.05) is 10.6 Å². The van der Waals surface area contributed by atoms with E-state index in [1.54, 1.807) is 0 Å². The van der Waals surface area contributed by atoms with Gasteiger partial charge < -0.3 is 15.6 Å². The predicted molar refractivity (Wildman–Crippen MR) is 113 cm³/mol. The molecule has 2 saturated carbocycles. The van der Waals surface area contributed by atoms with Gasteiger partial charge in [-0.2, -0.15) is 0 Å². The van der Waals surface area contributed by atoms with Gasteiger partial charge in [0.1, 0.15) is 5.82 Å².